The second kappa shape index (κ2) is 6.50. The van der Waals surface area contributed by atoms with E-state index in [1.165, 1.54) is 0 Å². The maximum atomic E-state index is 4.94. The van der Waals surface area contributed by atoms with E-state index in [1.54, 1.807) is 36.0 Å². The molecule has 4 heterocycles. The average Bonchev–Trinajstić information content (AvgIpc) is 3.25. The molecule has 0 bridgehead atoms. The highest BCUT2D eigenvalue weighted by molar-refractivity contribution is 7.82. The van der Waals surface area contributed by atoms with E-state index >= 15 is 0 Å². The molecule has 9 heteroatoms. The highest BCUT2D eigenvalue weighted by Gasteiger charge is 2.26. The number of anilines is 1. The third-order valence-electron chi connectivity index (χ3n) is 3.50. The predicted molar refractivity (Wildman–Crippen MR) is 101 cm³/mol. The van der Waals surface area contributed by atoms with Crippen molar-refractivity contribution in [1.82, 2.24) is 15.0 Å². The van der Waals surface area contributed by atoms with Crippen molar-refractivity contribution in [3.63, 3.8) is 0 Å². The van der Waals surface area contributed by atoms with Gasteiger partial charge in [0.2, 0.25) is 0 Å². The molecule has 4 rings (SSSR count). The van der Waals surface area contributed by atoms with Gasteiger partial charge in [-0.1, -0.05) is 29.3 Å². The highest BCUT2D eigenvalue weighted by Crippen LogP contribution is 2.41. The lowest BCUT2D eigenvalue weighted by molar-refractivity contribution is 0.212. The normalized spacial score (nSPS) is 15.6. The molecule has 3 aromatic rings. The van der Waals surface area contributed by atoms with Crippen LogP contribution in [0.25, 0.3) is 20.5 Å². The van der Waals surface area contributed by atoms with E-state index in [4.69, 9.17) is 9.82 Å². The van der Waals surface area contributed by atoms with Crippen LogP contribution >= 0.6 is 35.5 Å². The number of hydrogen-bond acceptors (Lipinski definition) is 9. The summed E-state index contributed by atoms with van der Waals surface area (Å²) in [5.41, 5.74) is 2.71. The van der Waals surface area contributed by atoms with E-state index in [2.05, 4.69) is 27.9 Å². The summed E-state index contributed by atoms with van der Waals surface area (Å²) in [7, 11) is 1.55. The summed E-state index contributed by atoms with van der Waals surface area (Å²) in [5.74, 6) is 0. The van der Waals surface area contributed by atoms with Crippen molar-refractivity contribution in [2.75, 3.05) is 18.0 Å². The first-order valence-electron chi connectivity index (χ1n) is 7.20. The molecule has 122 valence electrons. The number of oxime groups is 1. The van der Waals surface area contributed by atoms with Gasteiger partial charge >= 0.3 is 0 Å². The first-order valence-corrected chi connectivity index (χ1v) is 9.24. The molecule has 0 aliphatic carbocycles. The van der Waals surface area contributed by atoms with E-state index < -0.39 is 0 Å². The Kier molecular flexibility index (Phi) is 4.21. The van der Waals surface area contributed by atoms with Gasteiger partial charge in [-0.05, 0) is 12.1 Å². The Bertz CT molecular complexity index is 890. The zero-order valence-electron chi connectivity index (χ0n) is 12.7. The first kappa shape index (κ1) is 15.6. The van der Waals surface area contributed by atoms with E-state index in [0.29, 0.717) is 0 Å². The van der Waals surface area contributed by atoms with Gasteiger partial charge in [0, 0.05) is 37.1 Å². The molecule has 0 unspecified atom stereocenters. The fraction of sp³-hybridized carbons (Fsp3) is 0.200. The van der Waals surface area contributed by atoms with Gasteiger partial charge in [-0.25, -0.2) is 9.97 Å². The zero-order valence-corrected chi connectivity index (χ0v) is 15.2. The highest BCUT2D eigenvalue weighted by atomic mass is 32.1. The lowest BCUT2D eigenvalue weighted by Crippen LogP contribution is -2.23. The van der Waals surface area contributed by atoms with Crippen molar-refractivity contribution in [2.45, 2.75) is 6.42 Å². The third kappa shape index (κ3) is 2.79. The fourth-order valence-electron chi connectivity index (χ4n) is 2.41. The van der Waals surface area contributed by atoms with Gasteiger partial charge in [0.05, 0.1) is 4.88 Å². The summed E-state index contributed by atoms with van der Waals surface area (Å²) < 4.78 is 1.91. The molecule has 0 spiro atoms. The van der Waals surface area contributed by atoms with Crippen LogP contribution in [0.5, 0.6) is 0 Å². The molecule has 6 nitrogen and oxygen atoms in total. The Morgan fingerprint density at radius 1 is 1.29 bits per heavy atom. The summed E-state index contributed by atoms with van der Waals surface area (Å²) in [6.45, 7) is 0.781. The summed E-state index contributed by atoms with van der Waals surface area (Å²) in [6.07, 6.45) is 6.18. The summed E-state index contributed by atoms with van der Waals surface area (Å²) in [4.78, 5) is 19.4. The van der Waals surface area contributed by atoms with Gasteiger partial charge in [0.25, 0.3) is 0 Å². The Hall–Kier alpha value is -1.97. The van der Waals surface area contributed by atoms with Gasteiger partial charge in [0.15, 0.2) is 0 Å². The van der Waals surface area contributed by atoms with Crippen molar-refractivity contribution >= 4 is 46.2 Å². The van der Waals surface area contributed by atoms with Crippen molar-refractivity contribution in [3.8, 4) is 20.5 Å². The van der Waals surface area contributed by atoms with Gasteiger partial charge in [-0.3, -0.25) is 4.98 Å². The molecule has 0 radical (unpaired) electrons. The maximum Gasteiger partial charge on any atom is 0.137 e. The van der Waals surface area contributed by atoms with Crippen LogP contribution < -0.4 is 4.31 Å². The van der Waals surface area contributed by atoms with Crippen LogP contribution in [0.4, 0.5) is 5.00 Å². The lowest BCUT2D eigenvalue weighted by Gasteiger charge is -2.21. The van der Waals surface area contributed by atoms with Crippen molar-refractivity contribution in [3.05, 3.63) is 36.4 Å². The molecule has 0 atom stereocenters. The Morgan fingerprint density at radius 3 is 3.00 bits per heavy atom. The molecule has 0 aromatic carbocycles. The second-order valence-corrected chi connectivity index (χ2v) is 7.53. The van der Waals surface area contributed by atoms with E-state index in [9.17, 15) is 0 Å². The number of thiol groups is 1. The number of pyridine rings is 1. The summed E-state index contributed by atoms with van der Waals surface area (Å²) in [5, 5.41) is 6.94. The minimum Gasteiger partial charge on any atom is -0.399 e. The largest absolute Gasteiger partial charge is 0.399 e. The van der Waals surface area contributed by atoms with Crippen LogP contribution in [0.1, 0.15) is 12.1 Å². The second-order valence-electron chi connectivity index (χ2n) is 5.04. The first-order chi connectivity index (χ1) is 11.8. The maximum absolute atomic E-state index is 4.94. The molecule has 1 aliphatic heterocycles. The SMILES string of the molecule is CO/N=C1\CCN(S)c2sc(-c3cnc(-c4cccnc4)s3)nc21. The van der Waals surface area contributed by atoms with Crippen LogP contribution in [0, 0.1) is 0 Å². The topological polar surface area (TPSA) is 63.5 Å². The molecular weight excluding hydrogens is 362 g/mol. The zero-order chi connectivity index (χ0) is 16.5. The van der Waals surface area contributed by atoms with E-state index in [-0.39, 0.29) is 0 Å². The van der Waals surface area contributed by atoms with Crippen molar-refractivity contribution in [1.29, 1.82) is 0 Å². The van der Waals surface area contributed by atoms with Crippen molar-refractivity contribution in [2.24, 2.45) is 5.16 Å². The van der Waals surface area contributed by atoms with E-state index in [0.717, 1.165) is 49.8 Å². The molecule has 0 saturated heterocycles. The number of rotatable bonds is 3. The van der Waals surface area contributed by atoms with Crippen molar-refractivity contribution < 1.29 is 4.84 Å². The molecule has 3 aromatic heterocycles. The molecule has 0 fully saturated rings. The minimum atomic E-state index is 0.761. The Morgan fingerprint density at radius 2 is 2.21 bits per heavy atom. The standard InChI is InChI=1S/C15H13N5OS3/c1-21-19-10-4-6-20(22)15-12(10)18-14(24-15)11-8-17-13(23-11)9-3-2-5-16-7-9/h2-3,5,7-8,22H,4,6H2,1H3/b19-10+. The average molecular weight is 376 g/mol. The molecule has 0 N–H and O–H groups in total. The minimum absolute atomic E-state index is 0.761. The molecule has 0 amide bonds. The molecular formula is C15H13N5OS3. The lowest BCUT2D eigenvalue weighted by atomic mass is 10.1. The Balaban J connectivity index is 1.73. The predicted octanol–water partition coefficient (Wildman–Crippen LogP) is 3.73. The molecule has 1 aliphatic rings. The van der Waals surface area contributed by atoms with Gasteiger partial charge in [-0.2, -0.15) is 0 Å². The van der Waals surface area contributed by atoms with E-state index in [1.807, 2.05) is 28.8 Å². The number of fused-ring (bicyclic) bond motifs is 1. The van der Waals surface area contributed by atoms with Crippen LogP contribution in [-0.2, 0) is 4.84 Å². The van der Waals surface area contributed by atoms with Gasteiger partial charge < -0.3 is 9.14 Å². The van der Waals surface area contributed by atoms with Crippen LogP contribution in [0.15, 0.2) is 35.9 Å². The summed E-state index contributed by atoms with van der Waals surface area (Å²) in [6, 6.07) is 3.91. The smallest absolute Gasteiger partial charge is 0.137 e. The summed E-state index contributed by atoms with van der Waals surface area (Å²) >= 11 is 7.72. The van der Waals surface area contributed by atoms with Crippen LogP contribution in [0.2, 0.25) is 0 Å². The van der Waals surface area contributed by atoms with Crippen LogP contribution in [-0.4, -0.2) is 34.3 Å². The number of hydrogen-bond donors (Lipinski definition) is 1. The van der Waals surface area contributed by atoms with Gasteiger partial charge in [-0.15, -0.1) is 11.3 Å². The Labute approximate surface area is 152 Å². The number of nitrogens with zero attached hydrogens (tertiary/aromatic N) is 5. The molecule has 24 heavy (non-hydrogen) atoms. The van der Waals surface area contributed by atoms with Crippen LogP contribution in [0.3, 0.4) is 0 Å². The quantitative estimate of drug-likeness (QED) is 0.558. The molecule has 0 saturated carbocycles. The number of aromatic nitrogens is 3. The monoisotopic (exact) mass is 375 g/mol. The third-order valence-corrected chi connectivity index (χ3v) is 6.33. The van der Waals surface area contributed by atoms with Gasteiger partial charge in [0.1, 0.15) is 33.5 Å². The fourth-order valence-corrected chi connectivity index (χ4v) is 4.69. The number of thiazole rings is 2.